The van der Waals surface area contributed by atoms with Crippen LogP contribution in [-0.4, -0.2) is 48.7 Å². The molecule has 188 valence electrons. The molecule has 1 fully saturated rings. The summed E-state index contributed by atoms with van der Waals surface area (Å²) in [7, 11) is 1.18. The Balaban J connectivity index is 2.03. The molecule has 7 nitrogen and oxygen atoms in total. The fourth-order valence-corrected chi connectivity index (χ4v) is 4.27. The second-order valence-electron chi connectivity index (χ2n) is 9.92. The minimum absolute atomic E-state index is 0.0567. The molecule has 2 amide bonds. The van der Waals surface area contributed by atoms with Crippen LogP contribution in [0, 0.1) is 5.82 Å². The number of methoxy groups -OCH3 is 1. The van der Waals surface area contributed by atoms with Crippen molar-refractivity contribution >= 4 is 35.3 Å². The highest BCUT2D eigenvalue weighted by Crippen LogP contribution is 2.41. The Hall–Kier alpha value is -3.13. The van der Waals surface area contributed by atoms with E-state index in [4.69, 9.17) is 21.1 Å². The monoisotopic (exact) mass is 504 g/mol. The second kappa shape index (κ2) is 9.85. The van der Waals surface area contributed by atoms with E-state index in [1.165, 1.54) is 12.0 Å². The normalized spacial score (nSPS) is 14.8. The number of amides is 2. The number of rotatable bonds is 5. The number of nitrogens with one attached hydrogen (secondary N) is 1. The van der Waals surface area contributed by atoms with Gasteiger partial charge >= 0.3 is 12.1 Å². The summed E-state index contributed by atoms with van der Waals surface area (Å²) in [5, 5.41) is 2.42. The average Bonchev–Trinajstić information content (AvgIpc) is 2.73. The lowest BCUT2D eigenvalue weighted by Gasteiger charge is -2.49. The minimum Gasteiger partial charge on any atom is -0.465 e. The van der Waals surface area contributed by atoms with Crippen molar-refractivity contribution in [3.05, 3.63) is 63.9 Å². The number of halogens is 2. The van der Waals surface area contributed by atoms with Crippen LogP contribution in [0.4, 0.5) is 14.9 Å². The van der Waals surface area contributed by atoms with E-state index in [1.54, 1.807) is 20.8 Å². The maximum atomic E-state index is 14.3. The average molecular weight is 505 g/mol. The summed E-state index contributed by atoms with van der Waals surface area (Å²) in [4.78, 5) is 40.2. The first-order valence-corrected chi connectivity index (χ1v) is 11.6. The summed E-state index contributed by atoms with van der Waals surface area (Å²) in [6.45, 7) is 9.44. The third kappa shape index (κ3) is 5.42. The lowest BCUT2D eigenvalue weighted by Crippen LogP contribution is -2.67. The Morgan fingerprint density at radius 3 is 2.34 bits per heavy atom. The van der Waals surface area contributed by atoms with Crippen LogP contribution in [0.25, 0.3) is 0 Å². The Morgan fingerprint density at radius 2 is 1.77 bits per heavy atom. The number of likely N-dealkylation sites (tertiary alicyclic amines) is 1. The lowest BCUT2D eigenvalue weighted by atomic mass is 9.70. The van der Waals surface area contributed by atoms with Gasteiger partial charge in [0.05, 0.1) is 23.4 Å². The van der Waals surface area contributed by atoms with Gasteiger partial charge in [0, 0.05) is 13.1 Å². The van der Waals surface area contributed by atoms with Gasteiger partial charge in [-0.05, 0) is 49.9 Å². The van der Waals surface area contributed by atoms with Crippen molar-refractivity contribution in [2.24, 2.45) is 0 Å². The van der Waals surface area contributed by atoms with Crippen LogP contribution >= 0.6 is 11.6 Å². The molecule has 2 aromatic carbocycles. The summed E-state index contributed by atoms with van der Waals surface area (Å²) in [6.07, 6.45) is -0.532. The highest BCUT2D eigenvalue weighted by atomic mass is 35.5. The summed E-state index contributed by atoms with van der Waals surface area (Å²) in [5.74, 6) is -1.96. The van der Waals surface area contributed by atoms with Gasteiger partial charge in [0.25, 0.3) is 0 Å². The molecule has 1 aliphatic heterocycles. The standard InChI is InChI=1S/C26H30ClFN2O5/c1-15(2)16-9-7-8-10-18(16)26(13-30(14-26)24(33)35-25(3,4)5)23(32)29-21-12-20(28)19(27)11-17(21)22(31)34-6/h7-12,15H,13-14H2,1-6H3,(H,29,32). The number of hydrogen-bond donors (Lipinski definition) is 1. The molecule has 0 spiro atoms. The van der Waals surface area contributed by atoms with E-state index in [2.05, 4.69) is 5.32 Å². The maximum Gasteiger partial charge on any atom is 0.410 e. The smallest absolute Gasteiger partial charge is 0.410 e. The third-order valence-electron chi connectivity index (χ3n) is 5.82. The molecular formula is C26H30ClFN2O5. The van der Waals surface area contributed by atoms with E-state index in [-0.39, 0.29) is 35.3 Å². The predicted octanol–water partition coefficient (Wildman–Crippen LogP) is 5.52. The van der Waals surface area contributed by atoms with Crippen molar-refractivity contribution < 1.29 is 28.2 Å². The van der Waals surface area contributed by atoms with Crippen LogP contribution in [-0.2, 0) is 19.7 Å². The molecule has 0 aromatic heterocycles. The zero-order valence-electron chi connectivity index (χ0n) is 20.7. The molecule has 2 aromatic rings. The van der Waals surface area contributed by atoms with E-state index in [9.17, 15) is 18.8 Å². The summed E-state index contributed by atoms with van der Waals surface area (Å²) >= 11 is 5.86. The first kappa shape index (κ1) is 26.5. The summed E-state index contributed by atoms with van der Waals surface area (Å²) < 4.78 is 24.5. The fourth-order valence-electron chi connectivity index (χ4n) is 4.10. The molecule has 0 unspecified atom stereocenters. The van der Waals surface area contributed by atoms with Crippen molar-refractivity contribution in [3.8, 4) is 0 Å². The highest BCUT2D eigenvalue weighted by molar-refractivity contribution is 6.31. The van der Waals surface area contributed by atoms with E-state index in [1.807, 2.05) is 38.1 Å². The SMILES string of the molecule is COC(=O)c1cc(Cl)c(F)cc1NC(=O)C1(c2ccccc2C(C)C)CN(C(=O)OC(C)(C)C)C1. The van der Waals surface area contributed by atoms with Crippen molar-refractivity contribution in [1.82, 2.24) is 4.90 Å². The number of esters is 1. The number of anilines is 1. The first-order valence-electron chi connectivity index (χ1n) is 11.2. The van der Waals surface area contributed by atoms with E-state index >= 15 is 0 Å². The van der Waals surface area contributed by atoms with Crippen molar-refractivity contribution in [1.29, 1.82) is 0 Å². The Kier molecular flexibility index (Phi) is 7.45. The van der Waals surface area contributed by atoms with Crippen LogP contribution in [0.15, 0.2) is 36.4 Å². The van der Waals surface area contributed by atoms with Gasteiger partial charge in [-0.2, -0.15) is 0 Å². The van der Waals surface area contributed by atoms with Gasteiger partial charge in [-0.25, -0.2) is 14.0 Å². The first-order chi connectivity index (χ1) is 16.3. The quantitative estimate of drug-likeness (QED) is 0.542. The van der Waals surface area contributed by atoms with Gasteiger partial charge in [0.2, 0.25) is 5.91 Å². The number of nitrogens with zero attached hydrogens (tertiary/aromatic N) is 1. The molecular weight excluding hydrogens is 475 g/mol. The summed E-state index contributed by atoms with van der Waals surface area (Å²) in [6, 6.07) is 9.60. The van der Waals surface area contributed by atoms with Crippen LogP contribution in [0.3, 0.4) is 0 Å². The predicted molar refractivity (Wildman–Crippen MR) is 131 cm³/mol. The minimum atomic E-state index is -1.14. The largest absolute Gasteiger partial charge is 0.465 e. The number of ether oxygens (including phenoxy) is 2. The molecule has 9 heteroatoms. The zero-order chi connectivity index (χ0) is 26.1. The number of carbonyl (C=O) groups is 3. The second-order valence-corrected chi connectivity index (χ2v) is 10.3. The number of carbonyl (C=O) groups excluding carboxylic acids is 3. The van der Waals surface area contributed by atoms with E-state index < -0.39 is 34.8 Å². The van der Waals surface area contributed by atoms with Crippen LogP contribution in [0.5, 0.6) is 0 Å². The molecule has 1 saturated heterocycles. The van der Waals surface area contributed by atoms with Gasteiger partial charge in [-0.3, -0.25) is 4.79 Å². The molecule has 0 aliphatic carbocycles. The van der Waals surface area contributed by atoms with Crippen molar-refractivity contribution in [2.75, 3.05) is 25.5 Å². The molecule has 0 atom stereocenters. The van der Waals surface area contributed by atoms with Gasteiger partial charge in [-0.15, -0.1) is 0 Å². The van der Waals surface area contributed by atoms with Crippen molar-refractivity contribution in [2.45, 2.75) is 51.6 Å². The molecule has 1 heterocycles. The fraction of sp³-hybridized carbons (Fsp3) is 0.423. The topological polar surface area (TPSA) is 84.9 Å². The number of hydrogen-bond acceptors (Lipinski definition) is 5. The Labute approximate surface area is 209 Å². The van der Waals surface area contributed by atoms with E-state index in [0.29, 0.717) is 0 Å². The van der Waals surface area contributed by atoms with Gasteiger partial charge in [0.15, 0.2) is 0 Å². The molecule has 1 aliphatic rings. The van der Waals surface area contributed by atoms with Crippen LogP contribution in [0.1, 0.15) is 62.0 Å². The van der Waals surface area contributed by atoms with Crippen LogP contribution in [0.2, 0.25) is 5.02 Å². The van der Waals surface area contributed by atoms with Gasteiger partial charge < -0.3 is 19.7 Å². The maximum absolute atomic E-state index is 14.3. The zero-order valence-corrected chi connectivity index (χ0v) is 21.5. The van der Waals surface area contributed by atoms with Gasteiger partial charge in [-0.1, -0.05) is 49.7 Å². The molecule has 0 bridgehead atoms. The Bertz CT molecular complexity index is 1150. The molecule has 0 saturated carbocycles. The van der Waals surface area contributed by atoms with Crippen LogP contribution < -0.4 is 5.32 Å². The number of benzene rings is 2. The van der Waals surface area contributed by atoms with Crippen molar-refractivity contribution in [3.63, 3.8) is 0 Å². The third-order valence-corrected chi connectivity index (χ3v) is 6.11. The molecule has 1 N–H and O–H groups in total. The molecule has 3 rings (SSSR count). The highest BCUT2D eigenvalue weighted by Gasteiger charge is 2.54. The van der Waals surface area contributed by atoms with E-state index in [0.717, 1.165) is 23.3 Å². The lowest BCUT2D eigenvalue weighted by molar-refractivity contribution is -0.127. The summed E-state index contributed by atoms with van der Waals surface area (Å²) in [5.41, 5.74) is -0.280. The van der Waals surface area contributed by atoms with Gasteiger partial charge in [0.1, 0.15) is 16.8 Å². The molecule has 35 heavy (non-hydrogen) atoms. The molecule has 0 radical (unpaired) electrons. The Morgan fingerprint density at radius 1 is 1.14 bits per heavy atom.